The standard InChI is InChI=1S/C13H20N6S/c1-15-10-16-11(18-12(17-10)20-2)19-13(9-14)7-5-3-4-6-8-13/h3-8H2,1-2H3,(H2,15,16,17,18,19). The van der Waals surface area contributed by atoms with Crippen LogP contribution in [0.25, 0.3) is 0 Å². The van der Waals surface area contributed by atoms with Crippen LogP contribution >= 0.6 is 11.8 Å². The van der Waals surface area contributed by atoms with E-state index in [1.165, 1.54) is 24.6 Å². The van der Waals surface area contributed by atoms with Crippen LogP contribution in [0.4, 0.5) is 11.9 Å². The molecule has 0 unspecified atom stereocenters. The first-order valence-electron chi connectivity index (χ1n) is 6.88. The van der Waals surface area contributed by atoms with Crippen LogP contribution in [0.5, 0.6) is 0 Å². The number of aromatic nitrogens is 3. The number of thioether (sulfide) groups is 1. The molecule has 7 heteroatoms. The molecule has 0 saturated heterocycles. The van der Waals surface area contributed by atoms with E-state index in [1.54, 1.807) is 7.05 Å². The molecule has 0 bridgehead atoms. The third-order valence-corrected chi connectivity index (χ3v) is 4.09. The maximum atomic E-state index is 9.58. The zero-order valence-electron chi connectivity index (χ0n) is 11.9. The molecule has 1 aromatic rings. The quantitative estimate of drug-likeness (QED) is 0.651. The fourth-order valence-electron chi connectivity index (χ4n) is 2.43. The predicted octanol–water partition coefficient (Wildman–Crippen LogP) is 2.66. The topological polar surface area (TPSA) is 86.5 Å². The van der Waals surface area contributed by atoms with Crippen molar-refractivity contribution in [2.45, 2.75) is 49.2 Å². The van der Waals surface area contributed by atoms with Gasteiger partial charge in [-0.3, -0.25) is 0 Å². The van der Waals surface area contributed by atoms with Crippen molar-refractivity contribution in [3.05, 3.63) is 0 Å². The molecular weight excluding hydrogens is 272 g/mol. The smallest absolute Gasteiger partial charge is 0.229 e. The van der Waals surface area contributed by atoms with Crippen LogP contribution in [0, 0.1) is 11.3 Å². The Balaban J connectivity index is 2.24. The molecule has 20 heavy (non-hydrogen) atoms. The summed E-state index contributed by atoms with van der Waals surface area (Å²) in [6, 6.07) is 2.44. The lowest BCUT2D eigenvalue weighted by molar-refractivity contribution is 0.505. The van der Waals surface area contributed by atoms with Gasteiger partial charge in [-0.15, -0.1) is 0 Å². The van der Waals surface area contributed by atoms with Gasteiger partial charge in [0, 0.05) is 7.05 Å². The molecule has 0 spiro atoms. The van der Waals surface area contributed by atoms with E-state index >= 15 is 0 Å². The van der Waals surface area contributed by atoms with Crippen molar-refractivity contribution in [2.24, 2.45) is 0 Å². The van der Waals surface area contributed by atoms with E-state index in [-0.39, 0.29) is 0 Å². The van der Waals surface area contributed by atoms with Gasteiger partial charge >= 0.3 is 0 Å². The molecule has 2 rings (SSSR count). The molecule has 0 aromatic carbocycles. The molecule has 1 aliphatic rings. The van der Waals surface area contributed by atoms with Crippen molar-refractivity contribution >= 4 is 23.7 Å². The van der Waals surface area contributed by atoms with E-state index in [2.05, 4.69) is 31.7 Å². The third-order valence-electron chi connectivity index (χ3n) is 3.54. The van der Waals surface area contributed by atoms with E-state index in [1.807, 2.05) is 6.26 Å². The zero-order valence-corrected chi connectivity index (χ0v) is 12.8. The number of nitriles is 1. The van der Waals surface area contributed by atoms with Gasteiger partial charge in [-0.1, -0.05) is 37.4 Å². The van der Waals surface area contributed by atoms with Crippen molar-refractivity contribution < 1.29 is 0 Å². The van der Waals surface area contributed by atoms with Crippen molar-refractivity contribution in [2.75, 3.05) is 23.9 Å². The van der Waals surface area contributed by atoms with E-state index in [9.17, 15) is 5.26 Å². The summed E-state index contributed by atoms with van der Waals surface area (Å²) >= 11 is 1.46. The van der Waals surface area contributed by atoms with E-state index < -0.39 is 5.54 Å². The lowest BCUT2D eigenvalue weighted by atomic mass is 9.92. The van der Waals surface area contributed by atoms with Crippen LogP contribution in [-0.2, 0) is 0 Å². The van der Waals surface area contributed by atoms with Crippen LogP contribution in [0.3, 0.4) is 0 Å². The minimum atomic E-state index is -0.543. The molecule has 0 radical (unpaired) electrons. The first-order chi connectivity index (χ1) is 9.71. The summed E-state index contributed by atoms with van der Waals surface area (Å²) < 4.78 is 0. The van der Waals surface area contributed by atoms with E-state index in [0.29, 0.717) is 17.1 Å². The van der Waals surface area contributed by atoms with Crippen LogP contribution in [-0.4, -0.2) is 33.8 Å². The molecule has 0 atom stereocenters. The fraction of sp³-hybridized carbons (Fsp3) is 0.692. The highest BCUT2D eigenvalue weighted by atomic mass is 32.2. The van der Waals surface area contributed by atoms with Gasteiger partial charge in [-0.05, 0) is 19.1 Å². The van der Waals surface area contributed by atoms with Crippen molar-refractivity contribution in [1.82, 2.24) is 15.0 Å². The van der Waals surface area contributed by atoms with Gasteiger partial charge in [0.15, 0.2) is 5.16 Å². The Morgan fingerprint density at radius 2 is 1.75 bits per heavy atom. The maximum absolute atomic E-state index is 9.58. The predicted molar refractivity (Wildman–Crippen MR) is 80.8 cm³/mol. The summed E-state index contributed by atoms with van der Waals surface area (Å²) in [6.07, 6.45) is 8.14. The average Bonchev–Trinajstić information content (AvgIpc) is 2.73. The maximum Gasteiger partial charge on any atom is 0.229 e. The highest BCUT2D eigenvalue weighted by Crippen LogP contribution is 2.29. The number of rotatable bonds is 4. The molecular formula is C13H20N6S. The minimum Gasteiger partial charge on any atom is -0.357 e. The van der Waals surface area contributed by atoms with Gasteiger partial charge in [-0.2, -0.15) is 20.2 Å². The van der Waals surface area contributed by atoms with Crippen LogP contribution in [0.2, 0.25) is 0 Å². The average molecular weight is 292 g/mol. The van der Waals surface area contributed by atoms with Gasteiger partial charge in [-0.25, -0.2) is 0 Å². The van der Waals surface area contributed by atoms with Gasteiger partial charge < -0.3 is 10.6 Å². The number of anilines is 2. The second-order valence-corrected chi connectivity index (χ2v) is 5.73. The SMILES string of the molecule is CNc1nc(NC2(C#N)CCCCCC2)nc(SC)n1. The Labute approximate surface area is 123 Å². The number of hydrogen-bond acceptors (Lipinski definition) is 7. The molecule has 0 amide bonds. The van der Waals surface area contributed by atoms with Gasteiger partial charge in [0.2, 0.25) is 11.9 Å². The first kappa shape index (κ1) is 14.9. The van der Waals surface area contributed by atoms with Gasteiger partial charge in [0.25, 0.3) is 0 Å². The molecule has 1 heterocycles. The first-order valence-corrected chi connectivity index (χ1v) is 8.11. The number of hydrogen-bond donors (Lipinski definition) is 2. The summed E-state index contributed by atoms with van der Waals surface area (Å²) in [5.41, 5.74) is -0.543. The highest BCUT2D eigenvalue weighted by Gasteiger charge is 2.31. The van der Waals surface area contributed by atoms with Crippen LogP contribution in [0.1, 0.15) is 38.5 Å². The Morgan fingerprint density at radius 3 is 2.30 bits per heavy atom. The van der Waals surface area contributed by atoms with E-state index in [4.69, 9.17) is 0 Å². The van der Waals surface area contributed by atoms with Gasteiger partial charge in [0.05, 0.1) is 6.07 Å². The minimum absolute atomic E-state index is 0.483. The van der Waals surface area contributed by atoms with Crippen molar-refractivity contribution in [3.63, 3.8) is 0 Å². The third kappa shape index (κ3) is 3.51. The lowest BCUT2D eigenvalue weighted by Gasteiger charge is -2.26. The lowest BCUT2D eigenvalue weighted by Crippen LogP contribution is -2.37. The summed E-state index contributed by atoms with van der Waals surface area (Å²) in [6.45, 7) is 0. The van der Waals surface area contributed by atoms with E-state index in [0.717, 1.165) is 25.7 Å². The number of nitrogens with one attached hydrogen (secondary N) is 2. The normalized spacial score (nSPS) is 17.9. The van der Waals surface area contributed by atoms with Crippen LogP contribution in [0.15, 0.2) is 5.16 Å². The zero-order chi connectivity index (χ0) is 14.4. The van der Waals surface area contributed by atoms with Gasteiger partial charge in [0.1, 0.15) is 5.54 Å². The Morgan fingerprint density at radius 1 is 1.10 bits per heavy atom. The molecule has 1 saturated carbocycles. The largest absolute Gasteiger partial charge is 0.357 e. The summed E-state index contributed by atoms with van der Waals surface area (Å²) in [4.78, 5) is 12.9. The Kier molecular flexibility index (Phi) is 5.01. The number of nitrogens with zero attached hydrogens (tertiary/aromatic N) is 4. The fourth-order valence-corrected chi connectivity index (χ4v) is 2.78. The molecule has 1 aliphatic carbocycles. The second kappa shape index (κ2) is 6.75. The highest BCUT2D eigenvalue weighted by molar-refractivity contribution is 7.98. The Hall–Kier alpha value is -1.55. The van der Waals surface area contributed by atoms with Crippen LogP contribution < -0.4 is 10.6 Å². The van der Waals surface area contributed by atoms with Crippen molar-refractivity contribution in [3.8, 4) is 6.07 Å². The summed E-state index contributed by atoms with van der Waals surface area (Å²) in [5.74, 6) is 1.01. The van der Waals surface area contributed by atoms with Crippen molar-refractivity contribution in [1.29, 1.82) is 5.26 Å². The summed E-state index contributed by atoms with van der Waals surface area (Å²) in [7, 11) is 1.77. The molecule has 2 N–H and O–H groups in total. The molecule has 1 aromatic heterocycles. The molecule has 108 valence electrons. The summed E-state index contributed by atoms with van der Waals surface area (Å²) in [5, 5.41) is 16.4. The molecule has 1 fully saturated rings. The monoisotopic (exact) mass is 292 g/mol. The molecule has 0 aliphatic heterocycles. The molecule has 6 nitrogen and oxygen atoms in total. The second-order valence-electron chi connectivity index (χ2n) is 4.95. The Bertz CT molecular complexity index is 468.